The van der Waals surface area contributed by atoms with Gasteiger partial charge in [-0.2, -0.15) is 5.10 Å². The van der Waals surface area contributed by atoms with Gasteiger partial charge >= 0.3 is 0 Å². The second-order valence-electron chi connectivity index (χ2n) is 4.34. The van der Waals surface area contributed by atoms with E-state index < -0.39 is 0 Å². The fourth-order valence-electron chi connectivity index (χ4n) is 1.80. The van der Waals surface area contributed by atoms with E-state index in [1.807, 2.05) is 26.2 Å². The summed E-state index contributed by atoms with van der Waals surface area (Å²) < 4.78 is 0. The predicted molar refractivity (Wildman–Crippen MR) is 78.0 cm³/mol. The third-order valence-electron chi connectivity index (χ3n) is 2.85. The van der Waals surface area contributed by atoms with Crippen LogP contribution < -0.4 is 10.7 Å². The number of anilines is 1. The maximum Gasteiger partial charge on any atom is 0.0538 e. The molecule has 2 N–H and O–H groups in total. The summed E-state index contributed by atoms with van der Waals surface area (Å²) in [6, 6.07) is 16.6. The molecule has 0 radical (unpaired) electrons. The van der Waals surface area contributed by atoms with Crippen LogP contribution in [-0.4, -0.2) is 20.3 Å². The van der Waals surface area contributed by atoms with Crippen LogP contribution in [-0.2, 0) is 0 Å². The molecule has 2 aromatic rings. The molecule has 0 aromatic heterocycles. The highest BCUT2D eigenvalue weighted by Gasteiger charge is 1.99. The highest BCUT2D eigenvalue weighted by molar-refractivity contribution is 5.80. The van der Waals surface area contributed by atoms with E-state index >= 15 is 0 Å². The number of hydrogen-bond acceptors (Lipinski definition) is 3. The van der Waals surface area contributed by atoms with E-state index in [0.29, 0.717) is 0 Å². The second kappa shape index (κ2) is 5.36. The Bertz CT molecular complexity index is 525. The van der Waals surface area contributed by atoms with Gasteiger partial charge in [-0.15, -0.1) is 0 Å². The van der Waals surface area contributed by atoms with Gasteiger partial charge in [0.1, 0.15) is 0 Å². The zero-order valence-corrected chi connectivity index (χ0v) is 10.7. The summed E-state index contributed by atoms with van der Waals surface area (Å²) in [4.78, 5) is 2.09. The van der Waals surface area contributed by atoms with E-state index in [2.05, 4.69) is 46.4 Å². The summed E-state index contributed by atoms with van der Waals surface area (Å²) in [6.45, 7) is 0. The summed E-state index contributed by atoms with van der Waals surface area (Å²) in [5.74, 6) is 5.12. The van der Waals surface area contributed by atoms with Gasteiger partial charge in [0.2, 0.25) is 0 Å². The Labute approximate surface area is 108 Å². The van der Waals surface area contributed by atoms with Gasteiger partial charge in [0, 0.05) is 19.8 Å². The van der Waals surface area contributed by atoms with E-state index in [1.165, 1.54) is 16.8 Å². The Morgan fingerprint density at radius 2 is 1.39 bits per heavy atom. The lowest BCUT2D eigenvalue weighted by Gasteiger charge is -2.12. The van der Waals surface area contributed by atoms with Crippen LogP contribution in [0.1, 0.15) is 5.56 Å². The maximum atomic E-state index is 5.12. The van der Waals surface area contributed by atoms with Gasteiger partial charge < -0.3 is 10.7 Å². The van der Waals surface area contributed by atoms with Gasteiger partial charge in [0.25, 0.3) is 0 Å². The summed E-state index contributed by atoms with van der Waals surface area (Å²) >= 11 is 0. The first-order valence-electron chi connectivity index (χ1n) is 5.82. The van der Waals surface area contributed by atoms with Crippen molar-refractivity contribution in [3.05, 3.63) is 54.1 Å². The first kappa shape index (κ1) is 12.2. The van der Waals surface area contributed by atoms with E-state index in [1.54, 1.807) is 6.21 Å². The standard InChI is InChI=1S/C15H17N3/c1-18(2)15-9-7-14(8-10-15)13-5-3-12(4-6-13)11-17-16/h3-11H,16H2,1-2H3. The first-order valence-corrected chi connectivity index (χ1v) is 5.82. The highest BCUT2D eigenvalue weighted by atomic mass is 15.1. The van der Waals surface area contributed by atoms with Crippen molar-refractivity contribution in [1.29, 1.82) is 0 Å². The minimum Gasteiger partial charge on any atom is -0.378 e. The molecular formula is C15H17N3. The van der Waals surface area contributed by atoms with E-state index in [9.17, 15) is 0 Å². The number of hydrazone groups is 1. The Hall–Kier alpha value is -2.29. The molecule has 0 unspecified atom stereocenters. The van der Waals surface area contributed by atoms with Crippen LogP contribution in [0.2, 0.25) is 0 Å². The number of benzene rings is 2. The van der Waals surface area contributed by atoms with Gasteiger partial charge in [0.15, 0.2) is 0 Å². The molecule has 0 fully saturated rings. The van der Waals surface area contributed by atoms with Gasteiger partial charge in [0.05, 0.1) is 6.21 Å². The largest absolute Gasteiger partial charge is 0.378 e. The van der Waals surface area contributed by atoms with Gasteiger partial charge in [-0.3, -0.25) is 0 Å². The quantitative estimate of drug-likeness (QED) is 0.508. The van der Waals surface area contributed by atoms with Crippen molar-refractivity contribution in [3.8, 4) is 11.1 Å². The van der Waals surface area contributed by atoms with Crippen LogP contribution >= 0.6 is 0 Å². The van der Waals surface area contributed by atoms with E-state index in [0.717, 1.165) is 5.56 Å². The lowest BCUT2D eigenvalue weighted by Crippen LogP contribution is -2.07. The average Bonchev–Trinajstić information content (AvgIpc) is 2.40. The molecule has 0 aliphatic rings. The van der Waals surface area contributed by atoms with Crippen LogP contribution in [0.5, 0.6) is 0 Å². The molecule has 2 aromatic carbocycles. The molecule has 3 nitrogen and oxygen atoms in total. The molecule has 92 valence electrons. The normalized spacial score (nSPS) is 10.8. The van der Waals surface area contributed by atoms with E-state index in [-0.39, 0.29) is 0 Å². The summed E-state index contributed by atoms with van der Waals surface area (Å²) in [7, 11) is 4.08. The number of nitrogens with two attached hydrogens (primary N) is 1. The van der Waals surface area contributed by atoms with Crippen LogP contribution in [0.15, 0.2) is 53.6 Å². The third kappa shape index (κ3) is 2.69. The number of rotatable bonds is 3. The minimum absolute atomic E-state index is 1.01. The summed E-state index contributed by atoms with van der Waals surface area (Å²) in [5, 5.41) is 3.51. The third-order valence-corrected chi connectivity index (χ3v) is 2.85. The Morgan fingerprint density at radius 1 is 0.889 bits per heavy atom. The zero-order valence-electron chi connectivity index (χ0n) is 10.7. The zero-order chi connectivity index (χ0) is 13.0. The van der Waals surface area contributed by atoms with Crippen molar-refractivity contribution in [3.63, 3.8) is 0 Å². The van der Waals surface area contributed by atoms with Crippen molar-refractivity contribution >= 4 is 11.9 Å². The topological polar surface area (TPSA) is 41.6 Å². The smallest absolute Gasteiger partial charge is 0.0538 e. The second-order valence-corrected chi connectivity index (χ2v) is 4.34. The number of nitrogens with zero attached hydrogens (tertiary/aromatic N) is 2. The summed E-state index contributed by atoms with van der Waals surface area (Å²) in [6.07, 6.45) is 1.64. The molecule has 0 bridgehead atoms. The minimum atomic E-state index is 1.01. The molecule has 3 heteroatoms. The molecule has 2 rings (SSSR count). The van der Waals surface area contributed by atoms with Crippen molar-refractivity contribution in [1.82, 2.24) is 0 Å². The highest BCUT2D eigenvalue weighted by Crippen LogP contribution is 2.22. The summed E-state index contributed by atoms with van der Waals surface area (Å²) in [5.41, 5.74) is 4.60. The molecule has 0 spiro atoms. The number of hydrogen-bond donors (Lipinski definition) is 1. The monoisotopic (exact) mass is 239 g/mol. The molecule has 0 saturated heterocycles. The van der Waals surface area contributed by atoms with Crippen molar-refractivity contribution in [2.24, 2.45) is 10.9 Å². The first-order chi connectivity index (χ1) is 8.70. The van der Waals surface area contributed by atoms with Gasteiger partial charge in [-0.25, -0.2) is 0 Å². The van der Waals surface area contributed by atoms with Crippen LogP contribution in [0, 0.1) is 0 Å². The molecular weight excluding hydrogens is 222 g/mol. The lowest BCUT2D eigenvalue weighted by molar-refractivity contribution is 1.13. The Morgan fingerprint density at radius 3 is 1.83 bits per heavy atom. The maximum absolute atomic E-state index is 5.12. The van der Waals surface area contributed by atoms with Crippen LogP contribution in [0.3, 0.4) is 0 Å². The van der Waals surface area contributed by atoms with E-state index in [4.69, 9.17) is 5.84 Å². The predicted octanol–water partition coefficient (Wildman–Crippen LogP) is 2.71. The van der Waals surface area contributed by atoms with Crippen LogP contribution in [0.4, 0.5) is 5.69 Å². The molecule has 0 amide bonds. The molecule has 18 heavy (non-hydrogen) atoms. The molecule has 0 aliphatic heterocycles. The van der Waals surface area contributed by atoms with Gasteiger partial charge in [-0.05, 0) is 28.8 Å². The lowest BCUT2D eigenvalue weighted by atomic mass is 10.0. The molecule has 0 saturated carbocycles. The molecule has 0 heterocycles. The SMILES string of the molecule is CN(C)c1ccc(-c2ccc(C=NN)cc2)cc1. The fourth-order valence-corrected chi connectivity index (χ4v) is 1.80. The fraction of sp³-hybridized carbons (Fsp3) is 0.133. The molecule has 0 aliphatic carbocycles. The Kier molecular flexibility index (Phi) is 3.63. The van der Waals surface area contributed by atoms with Crippen molar-refractivity contribution in [2.75, 3.05) is 19.0 Å². The van der Waals surface area contributed by atoms with Gasteiger partial charge in [-0.1, -0.05) is 36.4 Å². The van der Waals surface area contributed by atoms with Crippen LogP contribution in [0.25, 0.3) is 11.1 Å². The van der Waals surface area contributed by atoms with Crippen molar-refractivity contribution in [2.45, 2.75) is 0 Å². The Balaban J connectivity index is 2.25. The average molecular weight is 239 g/mol. The van der Waals surface area contributed by atoms with Crippen molar-refractivity contribution < 1.29 is 0 Å². The molecule has 0 atom stereocenters.